The first-order valence-electron chi connectivity index (χ1n) is 8.75. The van der Waals surface area contributed by atoms with Crippen molar-refractivity contribution in [1.82, 2.24) is 4.98 Å². The summed E-state index contributed by atoms with van der Waals surface area (Å²) in [5.41, 5.74) is 0.707. The van der Waals surface area contributed by atoms with Crippen molar-refractivity contribution in [1.29, 1.82) is 0 Å². The van der Waals surface area contributed by atoms with Crippen LogP contribution in [0.15, 0.2) is 91.1 Å². The van der Waals surface area contributed by atoms with Gasteiger partial charge < -0.3 is 4.74 Å². The van der Waals surface area contributed by atoms with Crippen LogP contribution in [0.25, 0.3) is 10.8 Å². The summed E-state index contributed by atoms with van der Waals surface area (Å²) in [7, 11) is -3.58. The zero-order valence-corrected chi connectivity index (χ0v) is 15.8. The minimum Gasteiger partial charge on any atom is -0.457 e. The molecule has 1 aromatic heterocycles. The summed E-state index contributed by atoms with van der Waals surface area (Å²) in [5, 5.41) is 2.05. The number of anilines is 1. The first-order chi connectivity index (χ1) is 13.6. The van der Waals surface area contributed by atoms with E-state index in [0.717, 1.165) is 10.8 Å². The second kappa shape index (κ2) is 7.70. The first-order valence-corrected chi connectivity index (χ1v) is 10.4. The molecule has 3 aromatic carbocycles. The Kier molecular flexibility index (Phi) is 4.95. The normalized spacial score (nSPS) is 11.3. The molecule has 4 aromatic rings. The molecule has 6 heteroatoms. The van der Waals surface area contributed by atoms with Gasteiger partial charge in [0.05, 0.1) is 5.75 Å². The van der Waals surface area contributed by atoms with Gasteiger partial charge in [-0.25, -0.2) is 13.4 Å². The Labute approximate surface area is 163 Å². The zero-order chi connectivity index (χ0) is 19.4. The highest BCUT2D eigenvalue weighted by Crippen LogP contribution is 2.30. The van der Waals surface area contributed by atoms with Crippen LogP contribution in [-0.2, 0) is 15.8 Å². The van der Waals surface area contributed by atoms with Crippen LogP contribution < -0.4 is 9.46 Å². The summed E-state index contributed by atoms with van der Waals surface area (Å²) >= 11 is 0. The molecule has 28 heavy (non-hydrogen) atoms. The molecular weight excluding hydrogens is 372 g/mol. The van der Waals surface area contributed by atoms with Gasteiger partial charge in [0.15, 0.2) is 0 Å². The first kappa shape index (κ1) is 18.0. The predicted molar refractivity (Wildman–Crippen MR) is 111 cm³/mol. The molecule has 1 heterocycles. The van der Waals surface area contributed by atoms with Gasteiger partial charge >= 0.3 is 0 Å². The molecule has 0 aliphatic rings. The lowest BCUT2D eigenvalue weighted by Crippen LogP contribution is -2.15. The minimum absolute atomic E-state index is 0.121. The van der Waals surface area contributed by atoms with Crippen molar-refractivity contribution in [3.05, 3.63) is 96.7 Å². The van der Waals surface area contributed by atoms with Crippen molar-refractivity contribution in [2.45, 2.75) is 5.75 Å². The quantitative estimate of drug-likeness (QED) is 0.505. The minimum atomic E-state index is -3.58. The number of nitrogens with one attached hydrogen (secondary N) is 1. The highest BCUT2D eigenvalue weighted by atomic mass is 32.2. The highest BCUT2D eigenvalue weighted by Gasteiger charge is 2.13. The lowest BCUT2D eigenvalue weighted by Gasteiger charge is -2.11. The standard InChI is InChI=1S/C22H18N2O3S/c25-28(26,16-17-7-2-1-3-8-17)24-22-15-19(13-14-23-22)27-21-12-6-10-18-9-4-5-11-20(18)21/h1-15H,16H2,(H,23,24). The zero-order valence-electron chi connectivity index (χ0n) is 14.9. The third-order valence-corrected chi connectivity index (χ3v) is 5.40. The fraction of sp³-hybridized carbons (Fsp3) is 0.0455. The Morgan fingerprint density at radius 3 is 2.46 bits per heavy atom. The molecule has 0 atom stereocenters. The van der Waals surface area contributed by atoms with Gasteiger partial charge in [0.25, 0.3) is 0 Å². The Hall–Kier alpha value is -3.38. The third kappa shape index (κ3) is 4.29. The number of rotatable bonds is 6. The fourth-order valence-corrected chi connectivity index (χ4v) is 4.06. The summed E-state index contributed by atoms with van der Waals surface area (Å²) < 4.78 is 33.3. The summed E-state index contributed by atoms with van der Waals surface area (Å²) in [6, 6.07) is 26.0. The number of nitrogens with zero attached hydrogens (tertiary/aromatic N) is 1. The van der Waals surface area contributed by atoms with Crippen LogP contribution in [0.2, 0.25) is 0 Å². The van der Waals surface area contributed by atoms with Crippen molar-refractivity contribution in [3.8, 4) is 11.5 Å². The number of fused-ring (bicyclic) bond motifs is 1. The Balaban J connectivity index is 1.54. The second-order valence-electron chi connectivity index (χ2n) is 6.30. The fourth-order valence-electron chi connectivity index (χ4n) is 2.93. The largest absolute Gasteiger partial charge is 0.457 e. The summed E-state index contributed by atoms with van der Waals surface area (Å²) in [4.78, 5) is 4.10. The molecule has 5 nitrogen and oxygen atoms in total. The molecule has 4 rings (SSSR count). The number of pyridine rings is 1. The maximum atomic E-state index is 12.4. The number of ether oxygens (including phenoxy) is 1. The molecular formula is C22H18N2O3S. The molecule has 0 aliphatic carbocycles. The Morgan fingerprint density at radius 1 is 0.857 bits per heavy atom. The van der Waals surface area contributed by atoms with Gasteiger partial charge in [0, 0.05) is 17.6 Å². The van der Waals surface area contributed by atoms with E-state index in [1.54, 1.807) is 24.3 Å². The third-order valence-electron chi connectivity index (χ3n) is 4.17. The molecule has 0 saturated carbocycles. The van der Waals surface area contributed by atoms with Gasteiger partial charge in [-0.05, 0) is 23.1 Å². The van der Waals surface area contributed by atoms with Gasteiger partial charge in [0.2, 0.25) is 10.0 Å². The van der Waals surface area contributed by atoms with Gasteiger partial charge in [0.1, 0.15) is 17.3 Å². The van der Waals surface area contributed by atoms with E-state index in [9.17, 15) is 8.42 Å². The van der Waals surface area contributed by atoms with E-state index >= 15 is 0 Å². The Bertz CT molecular complexity index is 1200. The van der Waals surface area contributed by atoms with Gasteiger partial charge in [-0.3, -0.25) is 4.72 Å². The molecule has 0 amide bonds. The number of hydrogen-bond acceptors (Lipinski definition) is 4. The predicted octanol–water partition coefficient (Wildman–Crippen LogP) is 4.97. The van der Waals surface area contributed by atoms with Crippen LogP contribution in [0.5, 0.6) is 11.5 Å². The van der Waals surface area contributed by atoms with Crippen LogP contribution in [0.4, 0.5) is 5.82 Å². The van der Waals surface area contributed by atoms with E-state index in [0.29, 0.717) is 17.1 Å². The van der Waals surface area contributed by atoms with E-state index in [4.69, 9.17) is 4.74 Å². The van der Waals surface area contributed by atoms with Crippen molar-refractivity contribution in [2.75, 3.05) is 4.72 Å². The molecule has 0 fully saturated rings. The number of sulfonamides is 1. The molecule has 0 spiro atoms. The van der Waals surface area contributed by atoms with Gasteiger partial charge in [-0.1, -0.05) is 66.7 Å². The van der Waals surface area contributed by atoms with Crippen LogP contribution in [0, 0.1) is 0 Å². The maximum Gasteiger partial charge on any atom is 0.238 e. The highest BCUT2D eigenvalue weighted by molar-refractivity contribution is 7.91. The average Bonchev–Trinajstić information content (AvgIpc) is 2.68. The molecule has 0 aliphatic heterocycles. The summed E-state index contributed by atoms with van der Waals surface area (Å²) in [6.07, 6.45) is 1.51. The van der Waals surface area contributed by atoms with Gasteiger partial charge in [-0.15, -0.1) is 0 Å². The summed E-state index contributed by atoms with van der Waals surface area (Å²) in [5.74, 6) is 1.30. The molecule has 0 unspecified atom stereocenters. The lowest BCUT2D eigenvalue weighted by molar-refractivity contribution is 0.488. The van der Waals surface area contributed by atoms with Crippen LogP contribution >= 0.6 is 0 Å². The maximum absolute atomic E-state index is 12.4. The van der Waals surface area contributed by atoms with Gasteiger partial charge in [-0.2, -0.15) is 0 Å². The van der Waals surface area contributed by atoms with Crippen LogP contribution in [-0.4, -0.2) is 13.4 Å². The molecule has 0 radical (unpaired) electrons. The van der Waals surface area contributed by atoms with Crippen molar-refractivity contribution in [3.63, 3.8) is 0 Å². The molecule has 140 valence electrons. The SMILES string of the molecule is O=S(=O)(Cc1ccccc1)Nc1cc(Oc2cccc3ccccc23)ccn1. The van der Waals surface area contributed by atoms with E-state index in [1.807, 2.05) is 60.7 Å². The molecule has 0 saturated heterocycles. The molecule has 0 bridgehead atoms. The van der Waals surface area contributed by atoms with E-state index < -0.39 is 10.0 Å². The average molecular weight is 390 g/mol. The van der Waals surface area contributed by atoms with Crippen molar-refractivity contribution < 1.29 is 13.2 Å². The second-order valence-corrected chi connectivity index (χ2v) is 8.03. The van der Waals surface area contributed by atoms with E-state index in [-0.39, 0.29) is 11.6 Å². The number of benzene rings is 3. The lowest BCUT2D eigenvalue weighted by atomic mass is 10.1. The van der Waals surface area contributed by atoms with Crippen molar-refractivity contribution >= 4 is 26.6 Å². The topological polar surface area (TPSA) is 68.3 Å². The van der Waals surface area contributed by atoms with E-state index in [1.165, 1.54) is 6.20 Å². The Morgan fingerprint density at radius 2 is 1.61 bits per heavy atom. The smallest absolute Gasteiger partial charge is 0.238 e. The monoisotopic (exact) mass is 390 g/mol. The van der Waals surface area contributed by atoms with E-state index in [2.05, 4.69) is 9.71 Å². The number of aromatic nitrogens is 1. The van der Waals surface area contributed by atoms with Crippen LogP contribution in [0.1, 0.15) is 5.56 Å². The molecule has 1 N–H and O–H groups in total. The van der Waals surface area contributed by atoms with Crippen LogP contribution in [0.3, 0.4) is 0 Å². The summed E-state index contributed by atoms with van der Waals surface area (Å²) in [6.45, 7) is 0. The number of hydrogen-bond donors (Lipinski definition) is 1. The van der Waals surface area contributed by atoms with Crippen molar-refractivity contribution in [2.24, 2.45) is 0 Å².